The first-order valence-electron chi connectivity index (χ1n) is 12.1. The number of halogens is 3. The van der Waals surface area contributed by atoms with Crippen LogP contribution >= 0.6 is 0 Å². The van der Waals surface area contributed by atoms with Crippen molar-refractivity contribution in [2.24, 2.45) is 0 Å². The fourth-order valence-electron chi connectivity index (χ4n) is 5.09. The third-order valence-electron chi connectivity index (χ3n) is 6.82. The van der Waals surface area contributed by atoms with E-state index in [2.05, 4.69) is 0 Å². The molecule has 0 N–H and O–H groups in total. The van der Waals surface area contributed by atoms with E-state index in [1.807, 2.05) is 4.90 Å². The van der Waals surface area contributed by atoms with E-state index in [4.69, 9.17) is 9.47 Å². The molecule has 5 rings (SSSR count). The molecule has 3 aromatic carbocycles. The lowest BCUT2D eigenvalue weighted by atomic mass is 10.0. The second kappa shape index (κ2) is 10.3. The molecule has 2 heterocycles. The molecule has 2 saturated heterocycles. The van der Waals surface area contributed by atoms with Crippen LogP contribution in [0.25, 0.3) is 0 Å². The Morgan fingerprint density at radius 3 is 2.29 bits per heavy atom. The molecule has 2 atom stereocenters. The number of esters is 1. The fraction of sp³-hybridized carbons (Fsp3) is 0.296. The number of hydrogen-bond donors (Lipinski definition) is 0. The van der Waals surface area contributed by atoms with Crippen molar-refractivity contribution in [1.29, 1.82) is 0 Å². The number of hydrogen-bond acceptors (Lipinski definition) is 7. The van der Waals surface area contributed by atoms with Gasteiger partial charge in [-0.25, -0.2) is 4.79 Å². The molecule has 11 heteroatoms. The van der Waals surface area contributed by atoms with Gasteiger partial charge in [-0.1, -0.05) is 36.4 Å². The van der Waals surface area contributed by atoms with Gasteiger partial charge in [0, 0.05) is 32.2 Å². The SMILES string of the molecule is O=C(O[C@@H]1CCN2CCN(c3c([N+](=O)[O-])ccc(Oc4ccccc4)c3C(F)(F)F)C[C@H]12)c1ccccc1. The number of benzene rings is 3. The van der Waals surface area contributed by atoms with Crippen LogP contribution in [-0.2, 0) is 10.9 Å². The summed E-state index contributed by atoms with van der Waals surface area (Å²) in [5.74, 6) is -0.869. The van der Waals surface area contributed by atoms with E-state index in [-0.39, 0.29) is 18.8 Å². The number of ether oxygens (including phenoxy) is 2. The van der Waals surface area contributed by atoms with Crippen molar-refractivity contribution in [3.63, 3.8) is 0 Å². The third-order valence-corrected chi connectivity index (χ3v) is 6.82. The van der Waals surface area contributed by atoms with Gasteiger partial charge in [-0.05, 0) is 36.8 Å². The maximum atomic E-state index is 14.5. The van der Waals surface area contributed by atoms with Gasteiger partial charge in [0.25, 0.3) is 5.69 Å². The van der Waals surface area contributed by atoms with Crippen LogP contribution < -0.4 is 9.64 Å². The largest absolute Gasteiger partial charge is 0.457 e. The molecule has 0 unspecified atom stereocenters. The minimum absolute atomic E-state index is 0.0193. The highest BCUT2D eigenvalue weighted by Gasteiger charge is 2.46. The van der Waals surface area contributed by atoms with Gasteiger partial charge in [0.15, 0.2) is 0 Å². The summed E-state index contributed by atoms with van der Waals surface area (Å²) in [6.45, 7) is 1.12. The molecule has 2 aliphatic heterocycles. The number of carbonyl (C=O) groups excluding carboxylic acids is 1. The topological polar surface area (TPSA) is 85.2 Å². The number of para-hydroxylation sites is 1. The van der Waals surface area contributed by atoms with Crippen molar-refractivity contribution >= 4 is 17.3 Å². The molecule has 198 valence electrons. The summed E-state index contributed by atoms with van der Waals surface area (Å²) in [7, 11) is 0. The van der Waals surface area contributed by atoms with E-state index in [1.165, 1.54) is 17.0 Å². The van der Waals surface area contributed by atoms with Crippen molar-refractivity contribution in [2.45, 2.75) is 24.7 Å². The van der Waals surface area contributed by atoms with Gasteiger partial charge in [0.05, 0.1) is 16.5 Å². The molecule has 0 spiro atoms. The average molecular weight is 527 g/mol. The van der Waals surface area contributed by atoms with Gasteiger partial charge in [0.2, 0.25) is 0 Å². The van der Waals surface area contributed by atoms with E-state index in [9.17, 15) is 28.1 Å². The Bertz CT molecular complexity index is 1320. The maximum absolute atomic E-state index is 14.5. The van der Waals surface area contributed by atoms with Crippen LogP contribution in [0.1, 0.15) is 22.3 Å². The van der Waals surface area contributed by atoms with Crippen LogP contribution in [0.4, 0.5) is 24.5 Å². The van der Waals surface area contributed by atoms with Crippen LogP contribution in [0.15, 0.2) is 72.8 Å². The summed E-state index contributed by atoms with van der Waals surface area (Å²) < 4.78 is 54.8. The molecule has 2 fully saturated rings. The van der Waals surface area contributed by atoms with Crippen molar-refractivity contribution < 1.29 is 32.4 Å². The van der Waals surface area contributed by atoms with Crippen LogP contribution in [0.2, 0.25) is 0 Å². The van der Waals surface area contributed by atoms with E-state index < -0.39 is 51.9 Å². The molecule has 38 heavy (non-hydrogen) atoms. The van der Waals surface area contributed by atoms with E-state index in [1.54, 1.807) is 48.5 Å². The van der Waals surface area contributed by atoms with Crippen LogP contribution in [0.5, 0.6) is 11.5 Å². The highest BCUT2D eigenvalue weighted by Crippen LogP contribution is 2.49. The predicted molar refractivity (Wildman–Crippen MR) is 132 cm³/mol. The highest BCUT2D eigenvalue weighted by molar-refractivity contribution is 5.89. The molecule has 2 aliphatic rings. The Morgan fingerprint density at radius 1 is 0.947 bits per heavy atom. The second-order valence-electron chi connectivity index (χ2n) is 9.12. The lowest BCUT2D eigenvalue weighted by molar-refractivity contribution is -0.384. The number of piperazine rings is 1. The van der Waals surface area contributed by atoms with Gasteiger partial charge >= 0.3 is 12.1 Å². The van der Waals surface area contributed by atoms with E-state index in [0.29, 0.717) is 25.1 Å². The highest BCUT2D eigenvalue weighted by atomic mass is 19.4. The zero-order valence-corrected chi connectivity index (χ0v) is 20.1. The van der Waals surface area contributed by atoms with Crippen molar-refractivity contribution in [1.82, 2.24) is 4.90 Å². The number of rotatable bonds is 6. The zero-order valence-electron chi connectivity index (χ0n) is 20.1. The van der Waals surface area contributed by atoms with Gasteiger partial charge in [-0.2, -0.15) is 13.2 Å². The van der Waals surface area contributed by atoms with Crippen LogP contribution in [0.3, 0.4) is 0 Å². The number of nitro benzene ring substituents is 1. The molecule has 0 bridgehead atoms. The number of nitrogens with zero attached hydrogens (tertiary/aromatic N) is 3. The summed E-state index contributed by atoms with van der Waals surface area (Å²) in [5, 5.41) is 11.9. The summed E-state index contributed by atoms with van der Waals surface area (Å²) in [6.07, 6.45) is -4.98. The summed E-state index contributed by atoms with van der Waals surface area (Å²) in [5.41, 5.74) is -2.04. The average Bonchev–Trinajstić information content (AvgIpc) is 3.30. The minimum atomic E-state index is -4.93. The van der Waals surface area contributed by atoms with Crippen molar-refractivity contribution in [3.05, 3.63) is 94.0 Å². The maximum Gasteiger partial charge on any atom is 0.422 e. The Morgan fingerprint density at radius 2 is 1.63 bits per heavy atom. The molecular formula is C27H24F3N3O5. The minimum Gasteiger partial charge on any atom is -0.457 e. The van der Waals surface area contributed by atoms with Gasteiger partial charge in [-0.15, -0.1) is 0 Å². The Balaban J connectivity index is 1.49. The quantitative estimate of drug-likeness (QED) is 0.237. The first-order valence-corrected chi connectivity index (χ1v) is 12.1. The summed E-state index contributed by atoms with van der Waals surface area (Å²) in [4.78, 5) is 27.2. The zero-order chi connectivity index (χ0) is 26.9. The molecule has 0 saturated carbocycles. The number of nitro groups is 1. The first-order chi connectivity index (χ1) is 18.2. The molecule has 0 amide bonds. The number of alkyl halides is 3. The molecule has 3 aromatic rings. The first kappa shape index (κ1) is 25.5. The third kappa shape index (κ3) is 5.14. The van der Waals surface area contributed by atoms with Crippen molar-refractivity contribution in [2.75, 3.05) is 31.1 Å². The molecule has 8 nitrogen and oxygen atoms in total. The Hall–Kier alpha value is -4.12. The molecular weight excluding hydrogens is 503 g/mol. The fourth-order valence-corrected chi connectivity index (χ4v) is 5.09. The van der Waals surface area contributed by atoms with Crippen LogP contribution in [-0.4, -0.2) is 54.1 Å². The van der Waals surface area contributed by atoms with Gasteiger partial charge in [-0.3, -0.25) is 15.0 Å². The normalized spacial score (nSPS) is 19.6. The Kier molecular flexibility index (Phi) is 6.94. The second-order valence-corrected chi connectivity index (χ2v) is 9.12. The Labute approximate surface area is 216 Å². The monoisotopic (exact) mass is 527 g/mol. The smallest absolute Gasteiger partial charge is 0.422 e. The predicted octanol–water partition coefficient (Wildman–Crippen LogP) is 5.53. The van der Waals surface area contributed by atoms with Crippen LogP contribution in [0, 0.1) is 10.1 Å². The number of carbonyl (C=O) groups is 1. The molecule has 0 aromatic heterocycles. The van der Waals surface area contributed by atoms with Crippen molar-refractivity contribution in [3.8, 4) is 11.5 Å². The van der Waals surface area contributed by atoms with E-state index in [0.717, 1.165) is 12.1 Å². The standard InChI is InChI=1S/C27H24F3N3O5/c28-27(29,30)24-23(37-19-9-5-2-6-10-19)12-11-20(33(35)36)25(24)32-16-15-31-14-13-22(21(31)17-32)38-26(34)18-7-3-1-4-8-18/h1-12,21-22H,13-17H2/t21-,22-/m1/s1. The lowest BCUT2D eigenvalue weighted by Crippen LogP contribution is -2.54. The number of fused-ring (bicyclic) bond motifs is 1. The summed E-state index contributed by atoms with van der Waals surface area (Å²) >= 11 is 0. The summed E-state index contributed by atoms with van der Waals surface area (Å²) in [6, 6.07) is 18.0. The van der Waals surface area contributed by atoms with Gasteiger partial charge < -0.3 is 14.4 Å². The lowest BCUT2D eigenvalue weighted by Gasteiger charge is -2.40. The number of anilines is 1. The van der Waals surface area contributed by atoms with E-state index >= 15 is 0 Å². The molecule has 0 radical (unpaired) electrons. The van der Waals surface area contributed by atoms with Gasteiger partial charge in [0.1, 0.15) is 28.9 Å². The molecule has 0 aliphatic carbocycles.